The number of fused-ring (bicyclic) bond motifs is 2. The molecule has 3 atom stereocenters. The van der Waals surface area contributed by atoms with Gasteiger partial charge in [-0.2, -0.15) is 0 Å². The number of benzene rings is 1. The van der Waals surface area contributed by atoms with Crippen molar-refractivity contribution in [1.82, 2.24) is 0 Å². The highest BCUT2D eigenvalue weighted by atomic mass is 35.5. The van der Waals surface area contributed by atoms with Crippen molar-refractivity contribution in [2.45, 2.75) is 25.0 Å². The van der Waals surface area contributed by atoms with Crippen molar-refractivity contribution in [2.75, 3.05) is 7.11 Å². The molecule has 2 aliphatic rings. The molecule has 3 nitrogen and oxygen atoms in total. The summed E-state index contributed by atoms with van der Waals surface area (Å²) in [5.41, 5.74) is 1.82. The van der Waals surface area contributed by atoms with E-state index in [0.717, 1.165) is 24.0 Å². The maximum absolute atomic E-state index is 12.1. The molecule has 0 saturated carbocycles. The molecule has 106 valence electrons. The molecular weight excluding hydrogens is 299 g/mol. The van der Waals surface area contributed by atoms with E-state index in [2.05, 4.69) is 0 Å². The summed E-state index contributed by atoms with van der Waals surface area (Å²) in [6, 6.07) is 5.41. The second kappa shape index (κ2) is 5.40. The molecule has 1 aromatic carbocycles. The molecule has 0 spiro atoms. The number of hydrogen-bond acceptors (Lipinski definition) is 3. The highest BCUT2D eigenvalue weighted by molar-refractivity contribution is 6.42. The number of carbonyl (C=O) groups is 1. The van der Waals surface area contributed by atoms with Crippen molar-refractivity contribution in [3.63, 3.8) is 0 Å². The van der Waals surface area contributed by atoms with Gasteiger partial charge in [-0.15, -0.1) is 0 Å². The highest BCUT2D eigenvalue weighted by Gasteiger charge is 2.42. The van der Waals surface area contributed by atoms with Crippen LogP contribution in [-0.2, 0) is 14.3 Å². The van der Waals surface area contributed by atoms with E-state index in [9.17, 15) is 4.79 Å². The first-order chi connectivity index (χ1) is 9.60. The van der Waals surface area contributed by atoms with Crippen LogP contribution in [0.2, 0.25) is 10.0 Å². The van der Waals surface area contributed by atoms with Crippen LogP contribution in [0.1, 0.15) is 18.4 Å². The van der Waals surface area contributed by atoms with Crippen LogP contribution in [0.4, 0.5) is 0 Å². The van der Waals surface area contributed by atoms with E-state index in [1.807, 2.05) is 12.1 Å². The van der Waals surface area contributed by atoms with E-state index in [1.165, 1.54) is 7.11 Å². The minimum Gasteiger partial charge on any atom is -0.468 e. The molecule has 3 unspecified atom stereocenters. The van der Waals surface area contributed by atoms with Crippen molar-refractivity contribution in [3.8, 4) is 0 Å². The number of methoxy groups -OCH3 is 1. The Morgan fingerprint density at radius 3 is 2.80 bits per heavy atom. The molecule has 1 aromatic rings. The lowest BCUT2D eigenvalue weighted by Gasteiger charge is -2.28. The van der Waals surface area contributed by atoms with Gasteiger partial charge in [-0.3, -0.25) is 4.79 Å². The first-order valence-electron chi connectivity index (χ1n) is 6.50. The van der Waals surface area contributed by atoms with Crippen LogP contribution in [0.3, 0.4) is 0 Å². The Balaban J connectivity index is 2.04. The Labute approximate surface area is 127 Å². The van der Waals surface area contributed by atoms with Gasteiger partial charge in [0.2, 0.25) is 0 Å². The second-order valence-corrected chi connectivity index (χ2v) is 5.86. The Hall–Kier alpha value is -1.03. The van der Waals surface area contributed by atoms with Crippen molar-refractivity contribution in [1.29, 1.82) is 0 Å². The fourth-order valence-corrected chi connectivity index (χ4v) is 3.22. The van der Waals surface area contributed by atoms with E-state index < -0.39 is 5.92 Å². The van der Waals surface area contributed by atoms with Gasteiger partial charge in [-0.1, -0.05) is 35.3 Å². The van der Waals surface area contributed by atoms with Crippen molar-refractivity contribution in [2.24, 2.45) is 5.92 Å². The van der Waals surface area contributed by atoms with Crippen molar-refractivity contribution < 1.29 is 14.3 Å². The molecule has 0 aliphatic carbocycles. The third kappa shape index (κ3) is 2.34. The quantitative estimate of drug-likeness (QED) is 0.781. The predicted molar refractivity (Wildman–Crippen MR) is 77.8 cm³/mol. The number of hydrogen-bond donors (Lipinski definition) is 0. The molecule has 1 fully saturated rings. The topological polar surface area (TPSA) is 35.5 Å². The van der Waals surface area contributed by atoms with Crippen LogP contribution in [0.25, 0.3) is 5.57 Å². The molecule has 5 heteroatoms. The number of halogens is 2. The SMILES string of the molecule is COC(=O)C1C(c2ccc(Cl)c(Cl)c2)=CC2CCC1O2. The Bertz CT molecular complexity index is 582. The molecule has 2 heterocycles. The van der Waals surface area contributed by atoms with E-state index in [-0.39, 0.29) is 18.2 Å². The maximum atomic E-state index is 12.1. The molecule has 1 saturated heterocycles. The molecular formula is C15H14Cl2O3. The molecule has 2 bridgehead atoms. The van der Waals surface area contributed by atoms with Crippen LogP contribution in [0.5, 0.6) is 0 Å². The van der Waals surface area contributed by atoms with Crippen molar-refractivity contribution >= 4 is 34.7 Å². The van der Waals surface area contributed by atoms with Crippen LogP contribution in [-0.4, -0.2) is 25.3 Å². The molecule has 2 aliphatic heterocycles. The van der Waals surface area contributed by atoms with Gasteiger partial charge in [-0.05, 0) is 36.1 Å². The van der Waals surface area contributed by atoms with Gasteiger partial charge in [0.05, 0.1) is 29.4 Å². The highest BCUT2D eigenvalue weighted by Crippen LogP contribution is 2.42. The first kappa shape index (κ1) is 13.9. The molecule has 0 N–H and O–H groups in total. The van der Waals surface area contributed by atoms with E-state index in [0.29, 0.717) is 10.0 Å². The minimum atomic E-state index is -0.393. The van der Waals surface area contributed by atoms with E-state index >= 15 is 0 Å². The zero-order chi connectivity index (χ0) is 14.3. The van der Waals surface area contributed by atoms with Crippen LogP contribution >= 0.6 is 23.2 Å². The summed E-state index contributed by atoms with van der Waals surface area (Å²) in [4.78, 5) is 12.1. The summed E-state index contributed by atoms with van der Waals surface area (Å²) in [7, 11) is 1.40. The minimum absolute atomic E-state index is 0.0744. The Morgan fingerprint density at radius 2 is 2.10 bits per heavy atom. The van der Waals surface area contributed by atoms with Crippen molar-refractivity contribution in [3.05, 3.63) is 39.9 Å². The Kier molecular flexibility index (Phi) is 3.76. The molecule has 20 heavy (non-hydrogen) atoms. The average molecular weight is 313 g/mol. The lowest BCUT2D eigenvalue weighted by atomic mass is 9.87. The third-order valence-corrected chi connectivity index (χ3v) is 4.60. The number of ether oxygens (including phenoxy) is 2. The van der Waals surface area contributed by atoms with Gasteiger partial charge in [0, 0.05) is 0 Å². The van der Waals surface area contributed by atoms with Gasteiger partial charge in [0.15, 0.2) is 0 Å². The normalized spacial score (nSPS) is 28.1. The summed E-state index contributed by atoms with van der Waals surface area (Å²) in [6.45, 7) is 0. The predicted octanol–water partition coefficient (Wildman–Crippen LogP) is 3.73. The summed E-state index contributed by atoms with van der Waals surface area (Å²) < 4.78 is 10.7. The molecule has 0 aromatic heterocycles. The lowest BCUT2D eigenvalue weighted by molar-refractivity contribution is -0.147. The largest absolute Gasteiger partial charge is 0.468 e. The van der Waals surface area contributed by atoms with Crippen LogP contribution < -0.4 is 0 Å². The second-order valence-electron chi connectivity index (χ2n) is 5.04. The number of carbonyl (C=O) groups excluding carboxylic acids is 1. The monoisotopic (exact) mass is 312 g/mol. The van der Waals surface area contributed by atoms with Gasteiger partial charge >= 0.3 is 5.97 Å². The molecule has 0 amide bonds. The maximum Gasteiger partial charge on any atom is 0.315 e. The summed E-state index contributed by atoms with van der Waals surface area (Å²) in [6.07, 6.45) is 3.77. The van der Waals surface area contributed by atoms with Crippen LogP contribution in [0.15, 0.2) is 24.3 Å². The third-order valence-electron chi connectivity index (χ3n) is 3.87. The smallest absolute Gasteiger partial charge is 0.315 e. The van der Waals surface area contributed by atoms with Gasteiger partial charge in [0.25, 0.3) is 0 Å². The van der Waals surface area contributed by atoms with E-state index in [4.69, 9.17) is 32.7 Å². The molecule has 0 radical (unpaired) electrons. The molecule has 3 rings (SSSR count). The summed E-state index contributed by atoms with van der Waals surface area (Å²) in [5, 5.41) is 0.980. The fraction of sp³-hybridized carbons (Fsp3) is 0.400. The van der Waals surface area contributed by atoms with Crippen LogP contribution in [0, 0.1) is 5.92 Å². The van der Waals surface area contributed by atoms with Gasteiger partial charge in [0.1, 0.15) is 5.92 Å². The summed E-state index contributed by atoms with van der Waals surface area (Å²) >= 11 is 12.0. The van der Waals surface area contributed by atoms with E-state index in [1.54, 1.807) is 12.1 Å². The number of rotatable bonds is 2. The fourth-order valence-electron chi connectivity index (χ4n) is 2.92. The lowest BCUT2D eigenvalue weighted by Crippen LogP contribution is -2.33. The zero-order valence-electron chi connectivity index (χ0n) is 10.9. The number of esters is 1. The average Bonchev–Trinajstić information content (AvgIpc) is 2.82. The first-order valence-corrected chi connectivity index (χ1v) is 7.26. The zero-order valence-corrected chi connectivity index (χ0v) is 12.4. The van der Waals surface area contributed by atoms with Gasteiger partial charge < -0.3 is 9.47 Å². The standard InChI is InChI=1S/C15H14Cl2O3/c1-19-15(18)14-10(7-9-3-5-13(14)20-9)8-2-4-11(16)12(17)6-8/h2,4,6-7,9,13-14H,3,5H2,1H3. The Morgan fingerprint density at radius 1 is 1.30 bits per heavy atom. The van der Waals surface area contributed by atoms with Gasteiger partial charge in [-0.25, -0.2) is 0 Å². The summed E-state index contributed by atoms with van der Waals surface area (Å²) in [5.74, 6) is -0.663.